The van der Waals surface area contributed by atoms with Crippen molar-refractivity contribution < 1.29 is 9.00 Å². The van der Waals surface area contributed by atoms with E-state index in [-0.39, 0.29) is 11.8 Å². The van der Waals surface area contributed by atoms with E-state index in [9.17, 15) is 9.00 Å². The van der Waals surface area contributed by atoms with Crippen molar-refractivity contribution in [3.8, 4) is 0 Å². The number of carbonyl (C=O) groups excluding carboxylic acids is 1. The molecule has 0 fully saturated rings. The van der Waals surface area contributed by atoms with Gasteiger partial charge < -0.3 is 11.1 Å². The summed E-state index contributed by atoms with van der Waals surface area (Å²) in [7, 11) is -0.840. The average molecular weight is 268 g/mol. The van der Waals surface area contributed by atoms with Crippen LogP contribution in [0.15, 0.2) is 24.3 Å². The Balaban J connectivity index is 2.49. The smallest absolute Gasteiger partial charge is 0.227 e. The molecule has 2 atom stereocenters. The van der Waals surface area contributed by atoms with Gasteiger partial charge in [-0.05, 0) is 24.6 Å². The van der Waals surface area contributed by atoms with Crippen LogP contribution in [-0.2, 0) is 15.6 Å². The van der Waals surface area contributed by atoms with E-state index in [0.717, 1.165) is 5.56 Å². The molecule has 0 aliphatic heterocycles. The summed E-state index contributed by atoms with van der Waals surface area (Å²) in [4.78, 5) is 11.9. The monoisotopic (exact) mass is 268 g/mol. The number of amides is 1. The molecule has 0 bridgehead atoms. The van der Waals surface area contributed by atoms with Gasteiger partial charge in [0.05, 0.1) is 5.92 Å². The molecule has 0 aliphatic rings. The summed E-state index contributed by atoms with van der Waals surface area (Å²) in [6.45, 7) is 4.15. The maximum Gasteiger partial charge on any atom is 0.227 e. The second-order valence-corrected chi connectivity index (χ2v) is 5.98. The van der Waals surface area contributed by atoms with Gasteiger partial charge in [-0.15, -0.1) is 0 Å². The van der Waals surface area contributed by atoms with Crippen molar-refractivity contribution in [3.05, 3.63) is 29.8 Å². The first kappa shape index (κ1) is 14.7. The summed E-state index contributed by atoms with van der Waals surface area (Å²) in [5.41, 5.74) is 7.23. The van der Waals surface area contributed by atoms with E-state index in [1.807, 2.05) is 26.0 Å². The average Bonchev–Trinajstić information content (AvgIpc) is 2.37. The minimum Gasteiger partial charge on any atom is -0.399 e. The third-order valence-corrected chi connectivity index (χ3v) is 4.06. The van der Waals surface area contributed by atoms with Gasteiger partial charge in [0, 0.05) is 34.5 Å². The van der Waals surface area contributed by atoms with Crippen LogP contribution in [0.1, 0.15) is 25.3 Å². The molecule has 1 aromatic carbocycles. The molecule has 0 aliphatic carbocycles. The fourth-order valence-corrected chi connectivity index (χ4v) is 2.18. The summed E-state index contributed by atoms with van der Waals surface area (Å²) in [6.07, 6.45) is 0. The van der Waals surface area contributed by atoms with E-state index in [2.05, 4.69) is 5.32 Å². The molecule has 1 aromatic rings. The molecule has 0 spiro atoms. The van der Waals surface area contributed by atoms with Crippen molar-refractivity contribution in [1.82, 2.24) is 5.32 Å². The van der Waals surface area contributed by atoms with Gasteiger partial charge in [0.25, 0.3) is 0 Å². The van der Waals surface area contributed by atoms with E-state index in [1.165, 1.54) is 0 Å². The van der Waals surface area contributed by atoms with Crippen LogP contribution in [0.4, 0.5) is 5.69 Å². The van der Waals surface area contributed by atoms with Crippen LogP contribution in [0.2, 0.25) is 0 Å². The molecule has 0 aromatic heterocycles. The molecule has 1 rings (SSSR count). The molecular formula is C13H20N2O2S. The van der Waals surface area contributed by atoms with Gasteiger partial charge in [-0.25, -0.2) is 0 Å². The molecule has 5 heteroatoms. The highest BCUT2D eigenvalue weighted by molar-refractivity contribution is 7.84. The lowest BCUT2D eigenvalue weighted by Crippen LogP contribution is -2.31. The molecular weight excluding hydrogens is 248 g/mol. The Kier molecular flexibility index (Phi) is 5.85. The fourth-order valence-electron chi connectivity index (χ4n) is 1.57. The molecule has 0 radical (unpaired) electrons. The number of nitrogen functional groups attached to an aromatic ring is 1. The lowest BCUT2D eigenvalue weighted by molar-refractivity contribution is -0.122. The lowest BCUT2D eigenvalue weighted by atomic mass is 10.00. The molecule has 0 saturated carbocycles. The van der Waals surface area contributed by atoms with E-state index in [1.54, 1.807) is 12.1 Å². The molecule has 2 unspecified atom stereocenters. The standard InChI is InChI=1S/C13H20N2O2S/c1-3-18(17)8-7-15-13(16)10(2)11-5-4-6-12(14)9-11/h4-6,9-10H,3,7-8,14H2,1-2H3,(H,15,16). The number of nitrogens with one attached hydrogen (secondary N) is 1. The van der Waals surface area contributed by atoms with Crippen LogP contribution < -0.4 is 11.1 Å². The van der Waals surface area contributed by atoms with Gasteiger partial charge in [0.1, 0.15) is 0 Å². The molecule has 18 heavy (non-hydrogen) atoms. The first-order valence-electron chi connectivity index (χ1n) is 6.02. The molecule has 4 nitrogen and oxygen atoms in total. The van der Waals surface area contributed by atoms with Crippen molar-refractivity contribution in [2.75, 3.05) is 23.8 Å². The van der Waals surface area contributed by atoms with Crippen molar-refractivity contribution in [1.29, 1.82) is 0 Å². The minimum atomic E-state index is -0.840. The molecule has 0 heterocycles. The van der Waals surface area contributed by atoms with Crippen LogP contribution in [0.5, 0.6) is 0 Å². The maximum atomic E-state index is 11.9. The number of anilines is 1. The highest BCUT2D eigenvalue weighted by Gasteiger charge is 2.14. The second-order valence-electron chi connectivity index (χ2n) is 4.12. The van der Waals surface area contributed by atoms with Gasteiger partial charge in [-0.2, -0.15) is 0 Å². The topological polar surface area (TPSA) is 72.2 Å². The Morgan fingerprint density at radius 3 is 2.83 bits per heavy atom. The van der Waals surface area contributed by atoms with Crippen molar-refractivity contribution in [2.45, 2.75) is 19.8 Å². The van der Waals surface area contributed by atoms with Crippen LogP contribution >= 0.6 is 0 Å². The summed E-state index contributed by atoms with van der Waals surface area (Å²) < 4.78 is 11.2. The van der Waals surface area contributed by atoms with Crippen molar-refractivity contribution in [2.24, 2.45) is 0 Å². The maximum absolute atomic E-state index is 11.9. The van der Waals surface area contributed by atoms with Crippen LogP contribution in [0.25, 0.3) is 0 Å². The summed E-state index contributed by atoms with van der Waals surface area (Å²) in [5.74, 6) is 0.823. The Morgan fingerprint density at radius 1 is 1.50 bits per heavy atom. The first-order chi connectivity index (χ1) is 8.54. The Morgan fingerprint density at radius 2 is 2.22 bits per heavy atom. The largest absolute Gasteiger partial charge is 0.399 e. The van der Waals surface area contributed by atoms with Crippen LogP contribution in [-0.4, -0.2) is 28.2 Å². The van der Waals surface area contributed by atoms with E-state index < -0.39 is 10.8 Å². The molecule has 0 saturated heterocycles. The summed E-state index contributed by atoms with van der Waals surface area (Å²) >= 11 is 0. The second kappa shape index (κ2) is 7.16. The van der Waals surface area contributed by atoms with E-state index >= 15 is 0 Å². The number of rotatable bonds is 6. The Bertz CT molecular complexity index is 435. The summed E-state index contributed by atoms with van der Waals surface area (Å²) in [6, 6.07) is 7.30. The van der Waals surface area contributed by atoms with Gasteiger partial charge in [0.2, 0.25) is 5.91 Å². The van der Waals surface area contributed by atoms with Gasteiger partial charge in [0.15, 0.2) is 0 Å². The van der Waals surface area contributed by atoms with Crippen LogP contribution in [0, 0.1) is 0 Å². The summed E-state index contributed by atoms with van der Waals surface area (Å²) in [5, 5.41) is 2.79. The number of hydrogen-bond donors (Lipinski definition) is 2. The minimum absolute atomic E-state index is 0.0614. The van der Waals surface area contributed by atoms with Gasteiger partial charge >= 0.3 is 0 Å². The van der Waals surface area contributed by atoms with Gasteiger partial charge in [-0.3, -0.25) is 9.00 Å². The highest BCUT2D eigenvalue weighted by Crippen LogP contribution is 2.17. The van der Waals surface area contributed by atoms with Crippen molar-refractivity contribution in [3.63, 3.8) is 0 Å². The quantitative estimate of drug-likeness (QED) is 0.763. The highest BCUT2D eigenvalue weighted by atomic mass is 32.2. The van der Waals surface area contributed by atoms with E-state index in [0.29, 0.717) is 23.7 Å². The molecule has 1 amide bonds. The van der Waals surface area contributed by atoms with E-state index in [4.69, 9.17) is 5.73 Å². The zero-order chi connectivity index (χ0) is 13.5. The zero-order valence-electron chi connectivity index (χ0n) is 10.8. The third-order valence-electron chi connectivity index (χ3n) is 2.75. The number of nitrogens with two attached hydrogens (primary N) is 1. The SMILES string of the molecule is CCS(=O)CCNC(=O)C(C)c1cccc(N)c1. The molecule has 3 N–H and O–H groups in total. The number of benzene rings is 1. The van der Waals surface area contributed by atoms with Gasteiger partial charge in [-0.1, -0.05) is 19.1 Å². The molecule has 100 valence electrons. The number of carbonyl (C=O) groups is 1. The third kappa shape index (κ3) is 4.49. The normalized spacial score (nSPS) is 13.9. The predicted octanol–water partition coefficient (Wildman–Crippen LogP) is 1.26. The number of hydrogen-bond acceptors (Lipinski definition) is 3. The Labute approximate surface area is 110 Å². The fraction of sp³-hybridized carbons (Fsp3) is 0.462. The Hall–Kier alpha value is -1.36. The lowest BCUT2D eigenvalue weighted by Gasteiger charge is -2.12. The predicted molar refractivity (Wildman–Crippen MR) is 75.8 cm³/mol. The zero-order valence-corrected chi connectivity index (χ0v) is 11.6. The van der Waals surface area contributed by atoms with Crippen LogP contribution in [0.3, 0.4) is 0 Å². The van der Waals surface area contributed by atoms with Crippen molar-refractivity contribution >= 4 is 22.4 Å². The first-order valence-corrected chi connectivity index (χ1v) is 7.51.